The van der Waals surface area contributed by atoms with Crippen LogP contribution in [0.25, 0.3) is 0 Å². The van der Waals surface area contributed by atoms with Gasteiger partial charge in [0.1, 0.15) is 0 Å². The highest BCUT2D eigenvalue weighted by Gasteiger charge is 2.38. The Morgan fingerprint density at radius 3 is 2.64 bits per heavy atom. The third kappa shape index (κ3) is 4.04. The van der Waals surface area contributed by atoms with E-state index in [9.17, 15) is 13.2 Å². The molecule has 0 unspecified atom stereocenters. The van der Waals surface area contributed by atoms with E-state index in [4.69, 9.17) is 4.74 Å². The number of aryl methyl sites for hydroxylation is 1. The van der Waals surface area contributed by atoms with Crippen molar-refractivity contribution in [1.29, 1.82) is 0 Å². The second-order valence-electron chi connectivity index (χ2n) is 6.95. The highest BCUT2D eigenvalue weighted by Crippen LogP contribution is 2.29. The van der Waals surface area contributed by atoms with Crippen molar-refractivity contribution in [2.45, 2.75) is 62.6 Å². The Balaban J connectivity index is 1.70. The molecule has 1 heterocycles. The Labute approximate surface area is 149 Å². The van der Waals surface area contributed by atoms with Crippen molar-refractivity contribution in [3.8, 4) is 0 Å². The first-order chi connectivity index (χ1) is 11.9. The first-order valence-corrected chi connectivity index (χ1v) is 10.4. The number of morpholine rings is 1. The van der Waals surface area contributed by atoms with Gasteiger partial charge in [0.05, 0.1) is 29.7 Å². The third-order valence-electron chi connectivity index (χ3n) is 5.05. The summed E-state index contributed by atoms with van der Waals surface area (Å²) in [6, 6.07) is 5.88. The second kappa shape index (κ2) is 7.43. The quantitative estimate of drug-likeness (QED) is 0.882. The molecule has 2 aliphatic rings. The van der Waals surface area contributed by atoms with Crippen molar-refractivity contribution < 1.29 is 17.9 Å². The van der Waals surface area contributed by atoms with Gasteiger partial charge in [0.2, 0.25) is 15.9 Å². The fourth-order valence-corrected chi connectivity index (χ4v) is 4.88. The highest BCUT2D eigenvalue weighted by molar-refractivity contribution is 7.89. The fourth-order valence-electron chi connectivity index (χ4n) is 3.69. The molecule has 25 heavy (non-hydrogen) atoms. The Morgan fingerprint density at radius 1 is 1.24 bits per heavy atom. The number of hydrogen-bond donors (Lipinski definition) is 1. The largest absolute Gasteiger partial charge is 0.374 e. The van der Waals surface area contributed by atoms with Gasteiger partial charge in [0, 0.05) is 6.54 Å². The summed E-state index contributed by atoms with van der Waals surface area (Å²) in [5.74, 6) is -0.170. The predicted molar refractivity (Wildman–Crippen MR) is 94.7 cm³/mol. The number of rotatable bonds is 4. The summed E-state index contributed by atoms with van der Waals surface area (Å²) in [6.07, 6.45) is 4.19. The Kier molecular flexibility index (Phi) is 5.46. The second-order valence-corrected chi connectivity index (χ2v) is 8.66. The first-order valence-electron chi connectivity index (χ1n) is 8.89. The van der Waals surface area contributed by atoms with E-state index in [2.05, 4.69) is 4.72 Å². The predicted octanol–water partition coefficient (Wildman–Crippen LogP) is 1.83. The van der Waals surface area contributed by atoms with Crippen molar-refractivity contribution in [3.05, 3.63) is 29.8 Å². The number of nitrogens with one attached hydrogen (secondary N) is 1. The average Bonchev–Trinajstić information content (AvgIpc) is 2.60. The lowest BCUT2D eigenvalue weighted by Gasteiger charge is -2.44. The van der Waals surface area contributed by atoms with Crippen molar-refractivity contribution in [1.82, 2.24) is 9.62 Å². The summed E-state index contributed by atoms with van der Waals surface area (Å²) in [4.78, 5) is 14.9. The summed E-state index contributed by atoms with van der Waals surface area (Å²) in [7, 11) is -3.72. The highest BCUT2D eigenvalue weighted by atomic mass is 32.2. The van der Waals surface area contributed by atoms with Crippen LogP contribution in [0.2, 0.25) is 0 Å². The number of amides is 1. The van der Waals surface area contributed by atoms with E-state index in [0.717, 1.165) is 31.2 Å². The molecule has 1 aromatic carbocycles. The van der Waals surface area contributed by atoms with E-state index in [-0.39, 0.29) is 22.9 Å². The van der Waals surface area contributed by atoms with Gasteiger partial charge in [-0.15, -0.1) is 0 Å². The van der Waals surface area contributed by atoms with E-state index in [0.29, 0.717) is 13.2 Å². The SMILES string of the molecule is Cc1ccc(S(=O)(=O)N[C@@H](C)C(=O)N2CCO[C@H]3CCCC[C@H]32)cc1. The van der Waals surface area contributed by atoms with Gasteiger partial charge in [-0.1, -0.05) is 30.5 Å². The van der Waals surface area contributed by atoms with E-state index >= 15 is 0 Å². The summed E-state index contributed by atoms with van der Waals surface area (Å²) >= 11 is 0. The molecule has 1 aliphatic heterocycles. The molecule has 1 saturated carbocycles. The molecule has 1 aromatic rings. The molecule has 0 bridgehead atoms. The molecule has 7 heteroatoms. The van der Waals surface area contributed by atoms with Crippen LogP contribution in [0.4, 0.5) is 0 Å². The molecular weight excluding hydrogens is 340 g/mol. The molecule has 0 spiro atoms. The molecule has 1 aliphatic carbocycles. The molecule has 3 atom stereocenters. The van der Waals surface area contributed by atoms with Crippen LogP contribution in [0.3, 0.4) is 0 Å². The molecule has 0 radical (unpaired) electrons. The third-order valence-corrected chi connectivity index (χ3v) is 6.61. The zero-order valence-corrected chi connectivity index (χ0v) is 15.6. The van der Waals surface area contributed by atoms with Crippen LogP contribution in [-0.2, 0) is 19.6 Å². The van der Waals surface area contributed by atoms with E-state index in [1.807, 2.05) is 11.8 Å². The summed E-state index contributed by atoms with van der Waals surface area (Å²) in [6.45, 7) is 4.55. The maximum Gasteiger partial charge on any atom is 0.241 e. The number of sulfonamides is 1. The van der Waals surface area contributed by atoms with Gasteiger partial charge in [-0.2, -0.15) is 4.72 Å². The summed E-state index contributed by atoms with van der Waals surface area (Å²) in [5, 5.41) is 0. The lowest BCUT2D eigenvalue weighted by molar-refractivity contribution is -0.150. The average molecular weight is 366 g/mol. The van der Waals surface area contributed by atoms with Gasteiger partial charge in [-0.3, -0.25) is 4.79 Å². The zero-order chi connectivity index (χ0) is 18.0. The number of ether oxygens (including phenoxy) is 1. The number of carbonyl (C=O) groups excluding carboxylic acids is 1. The maximum atomic E-state index is 12.9. The molecule has 3 rings (SSSR count). The van der Waals surface area contributed by atoms with Gasteiger partial charge in [0.25, 0.3) is 0 Å². The van der Waals surface area contributed by atoms with Crippen LogP contribution < -0.4 is 4.72 Å². The molecule has 0 aromatic heterocycles. The maximum absolute atomic E-state index is 12.9. The Hall–Kier alpha value is -1.44. The van der Waals surface area contributed by atoms with Crippen molar-refractivity contribution in [2.75, 3.05) is 13.2 Å². The van der Waals surface area contributed by atoms with Crippen LogP contribution in [-0.4, -0.2) is 50.6 Å². The van der Waals surface area contributed by atoms with Gasteiger partial charge < -0.3 is 9.64 Å². The summed E-state index contributed by atoms with van der Waals surface area (Å²) < 4.78 is 33.4. The van der Waals surface area contributed by atoms with Crippen LogP contribution in [0.15, 0.2) is 29.2 Å². The van der Waals surface area contributed by atoms with E-state index < -0.39 is 16.1 Å². The van der Waals surface area contributed by atoms with Crippen molar-refractivity contribution in [3.63, 3.8) is 0 Å². The van der Waals surface area contributed by atoms with Gasteiger partial charge in [-0.25, -0.2) is 8.42 Å². The van der Waals surface area contributed by atoms with E-state index in [1.54, 1.807) is 31.2 Å². The molecule has 2 fully saturated rings. The standard InChI is InChI=1S/C18H26N2O4S/c1-13-7-9-15(10-8-13)25(22,23)19-14(2)18(21)20-11-12-24-17-6-4-3-5-16(17)20/h7-10,14,16-17,19H,3-6,11-12H2,1-2H3/t14-,16+,17-/m0/s1. The van der Waals surface area contributed by atoms with Gasteiger partial charge in [-0.05, 0) is 38.8 Å². The lowest BCUT2D eigenvalue weighted by Crippen LogP contribution is -2.58. The smallest absolute Gasteiger partial charge is 0.241 e. The minimum absolute atomic E-state index is 0.0707. The minimum atomic E-state index is -3.72. The molecule has 1 amide bonds. The number of benzene rings is 1. The normalized spacial score (nSPS) is 25.3. The van der Waals surface area contributed by atoms with E-state index in [1.165, 1.54) is 0 Å². The van der Waals surface area contributed by atoms with Crippen molar-refractivity contribution >= 4 is 15.9 Å². The van der Waals surface area contributed by atoms with Crippen LogP contribution >= 0.6 is 0 Å². The lowest BCUT2D eigenvalue weighted by atomic mass is 9.90. The van der Waals surface area contributed by atoms with Crippen molar-refractivity contribution in [2.24, 2.45) is 0 Å². The molecule has 1 saturated heterocycles. The van der Waals surface area contributed by atoms with Crippen LogP contribution in [0.5, 0.6) is 0 Å². The summed E-state index contributed by atoms with van der Waals surface area (Å²) in [5.41, 5.74) is 0.986. The van der Waals surface area contributed by atoms with Crippen LogP contribution in [0, 0.1) is 6.92 Å². The monoisotopic (exact) mass is 366 g/mol. The number of nitrogens with zero attached hydrogens (tertiary/aromatic N) is 1. The minimum Gasteiger partial charge on any atom is -0.374 e. The Bertz CT molecular complexity index is 715. The fraction of sp³-hybridized carbons (Fsp3) is 0.611. The molecule has 6 nitrogen and oxygen atoms in total. The molecule has 1 N–H and O–H groups in total. The van der Waals surface area contributed by atoms with Crippen LogP contribution in [0.1, 0.15) is 38.2 Å². The number of fused-ring (bicyclic) bond motifs is 1. The van der Waals surface area contributed by atoms with Gasteiger partial charge in [0.15, 0.2) is 0 Å². The van der Waals surface area contributed by atoms with Gasteiger partial charge >= 0.3 is 0 Å². The first kappa shape index (κ1) is 18.4. The molecule has 138 valence electrons. The topological polar surface area (TPSA) is 75.7 Å². The number of carbonyl (C=O) groups is 1. The number of hydrogen-bond acceptors (Lipinski definition) is 4. The Morgan fingerprint density at radius 2 is 1.92 bits per heavy atom. The molecular formula is C18H26N2O4S. The zero-order valence-electron chi connectivity index (χ0n) is 14.8.